The Bertz CT molecular complexity index is 589. The Labute approximate surface area is 120 Å². The highest BCUT2D eigenvalue weighted by molar-refractivity contribution is 6.35. The Kier molecular flexibility index (Phi) is 4.12. The minimum atomic E-state index is 0.480. The van der Waals surface area contributed by atoms with Gasteiger partial charge in [0, 0.05) is 16.3 Å². The molecule has 0 aliphatic heterocycles. The van der Waals surface area contributed by atoms with Gasteiger partial charge in [0.15, 0.2) is 0 Å². The van der Waals surface area contributed by atoms with Crippen LogP contribution in [-0.4, -0.2) is 6.21 Å². The average molecular weight is 300 g/mol. The van der Waals surface area contributed by atoms with E-state index in [-0.39, 0.29) is 0 Å². The van der Waals surface area contributed by atoms with E-state index in [4.69, 9.17) is 40.5 Å². The molecule has 0 spiro atoms. The van der Waals surface area contributed by atoms with Crippen LogP contribution >= 0.6 is 34.8 Å². The molecular formula is C13H9Cl3N2. The van der Waals surface area contributed by atoms with Gasteiger partial charge in [-0.3, -0.25) is 4.99 Å². The zero-order valence-electron chi connectivity index (χ0n) is 9.20. The first-order valence-electron chi connectivity index (χ1n) is 5.10. The molecule has 0 bridgehead atoms. The third kappa shape index (κ3) is 3.39. The van der Waals surface area contributed by atoms with Crippen molar-refractivity contribution in [3.63, 3.8) is 0 Å². The Hall–Kier alpha value is -1.22. The highest BCUT2D eigenvalue weighted by Crippen LogP contribution is 2.24. The molecule has 0 radical (unpaired) electrons. The molecule has 2 aromatic carbocycles. The predicted molar refractivity (Wildman–Crippen MR) is 79.6 cm³/mol. The van der Waals surface area contributed by atoms with Gasteiger partial charge in [-0.1, -0.05) is 34.8 Å². The second-order valence-electron chi connectivity index (χ2n) is 3.67. The van der Waals surface area contributed by atoms with E-state index in [1.807, 2.05) is 0 Å². The molecule has 2 N–H and O–H groups in total. The lowest BCUT2D eigenvalue weighted by Gasteiger charge is -1.99. The van der Waals surface area contributed by atoms with Gasteiger partial charge in [0.1, 0.15) is 0 Å². The van der Waals surface area contributed by atoms with E-state index >= 15 is 0 Å². The topological polar surface area (TPSA) is 38.4 Å². The minimum Gasteiger partial charge on any atom is -0.398 e. The van der Waals surface area contributed by atoms with Crippen molar-refractivity contribution >= 4 is 52.4 Å². The predicted octanol–water partition coefficient (Wildman–Crippen LogP) is 4.98. The molecule has 0 aliphatic rings. The molecule has 0 amide bonds. The summed E-state index contributed by atoms with van der Waals surface area (Å²) in [5.41, 5.74) is 7.68. The number of hydrogen-bond acceptors (Lipinski definition) is 2. The first-order valence-corrected chi connectivity index (χ1v) is 6.23. The number of aliphatic imine (C=N–C) groups is 1. The zero-order chi connectivity index (χ0) is 13.1. The van der Waals surface area contributed by atoms with Crippen LogP contribution in [-0.2, 0) is 0 Å². The number of halogens is 3. The molecule has 0 saturated carbocycles. The maximum Gasteiger partial charge on any atom is 0.0656 e. The van der Waals surface area contributed by atoms with Crippen molar-refractivity contribution in [2.24, 2.45) is 4.99 Å². The van der Waals surface area contributed by atoms with Gasteiger partial charge in [-0.15, -0.1) is 0 Å². The van der Waals surface area contributed by atoms with Crippen LogP contribution in [0.2, 0.25) is 15.1 Å². The van der Waals surface area contributed by atoms with Crippen molar-refractivity contribution in [1.82, 2.24) is 0 Å². The Morgan fingerprint density at radius 1 is 0.944 bits per heavy atom. The van der Waals surface area contributed by atoms with E-state index < -0.39 is 0 Å². The second-order valence-corrected chi connectivity index (χ2v) is 4.95. The molecule has 2 rings (SSSR count). The molecule has 0 atom stereocenters. The van der Waals surface area contributed by atoms with Crippen LogP contribution in [0.25, 0.3) is 0 Å². The quantitative estimate of drug-likeness (QED) is 0.616. The summed E-state index contributed by atoms with van der Waals surface area (Å²) in [6.07, 6.45) is 1.67. The van der Waals surface area contributed by atoms with Gasteiger partial charge in [-0.05, 0) is 42.0 Å². The van der Waals surface area contributed by atoms with Crippen molar-refractivity contribution in [3.05, 3.63) is 57.0 Å². The largest absolute Gasteiger partial charge is 0.398 e. The first-order chi connectivity index (χ1) is 8.54. The van der Waals surface area contributed by atoms with E-state index in [2.05, 4.69) is 4.99 Å². The summed E-state index contributed by atoms with van der Waals surface area (Å²) in [6.45, 7) is 0. The van der Waals surface area contributed by atoms with Crippen molar-refractivity contribution in [2.75, 3.05) is 5.73 Å². The third-order valence-electron chi connectivity index (χ3n) is 2.23. The molecule has 5 heteroatoms. The number of rotatable bonds is 2. The lowest BCUT2D eigenvalue weighted by Crippen LogP contribution is -1.85. The Morgan fingerprint density at radius 3 is 2.22 bits per heavy atom. The van der Waals surface area contributed by atoms with Gasteiger partial charge in [0.2, 0.25) is 0 Å². The fourth-order valence-electron chi connectivity index (χ4n) is 1.40. The smallest absolute Gasteiger partial charge is 0.0656 e. The SMILES string of the molecule is Nc1ccc(N=Cc2cc(Cl)cc(Cl)c2)cc1Cl. The van der Waals surface area contributed by atoms with Crippen molar-refractivity contribution in [3.8, 4) is 0 Å². The van der Waals surface area contributed by atoms with Gasteiger partial charge in [0.05, 0.1) is 16.4 Å². The second kappa shape index (κ2) is 5.61. The maximum absolute atomic E-state index is 5.90. The number of nitrogen functional groups attached to an aromatic ring is 1. The first kappa shape index (κ1) is 13.2. The summed E-state index contributed by atoms with van der Waals surface area (Å²) in [5, 5.41) is 1.62. The molecular weight excluding hydrogens is 291 g/mol. The Balaban J connectivity index is 2.27. The third-order valence-corrected chi connectivity index (χ3v) is 3.00. The summed E-state index contributed by atoms with van der Waals surface area (Å²) in [4.78, 5) is 4.28. The van der Waals surface area contributed by atoms with Gasteiger partial charge < -0.3 is 5.73 Å². The van der Waals surface area contributed by atoms with E-state index in [1.165, 1.54) is 0 Å². The summed E-state index contributed by atoms with van der Waals surface area (Å²) in [5.74, 6) is 0. The summed E-state index contributed by atoms with van der Waals surface area (Å²) < 4.78 is 0. The van der Waals surface area contributed by atoms with Crippen molar-refractivity contribution in [2.45, 2.75) is 0 Å². The van der Waals surface area contributed by atoms with Crippen LogP contribution in [0.4, 0.5) is 11.4 Å². The van der Waals surface area contributed by atoms with Crippen LogP contribution in [0.5, 0.6) is 0 Å². The number of anilines is 1. The fraction of sp³-hybridized carbons (Fsp3) is 0. The number of benzene rings is 2. The normalized spacial score (nSPS) is 11.1. The van der Waals surface area contributed by atoms with Crippen molar-refractivity contribution in [1.29, 1.82) is 0 Å². The molecule has 2 aromatic rings. The summed E-state index contributed by atoms with van der Waals surface area (Å²) >= 11 is 17.7. The molecule has 2 nitrogen and oxygen atoms in total. The van der Waals surface area contributed by atoms with E-state index in [9.17, 15) is 0 Å². The van der Waals surface area contributed by atoms with E-state index in [1.54, 1.807) is 42.6 Å². The molecule has 0 aliphatic carbocycles. The van der Waals surface area contributed by atoms with Crippen LogP contribution in [0, 0.1) is 0 Å². The number of hydrogen-bond donors (Lipinski definition) is 1. The van der Waals surface area contributed by atoms with Crippen LogP contribution in [0.1, 0.15) is 5.56 Å². The molecule has 0 aromatic heterocycles. The van der Waals surface area contributed by atoms with Crippen LogP contribution in [0.3, 0.4) is 0 Å². The molecule has 0 unspecified atom stereocenters. The van der Waals surface area contributed by atoms with Gasteiger partial charge >= 0.3 is 0 Å². The molecule has 0 heterocycles. The van der Waals surface area contributed by atoms with Crippen molar-refractivity contribution < 1.29 is 0 Å². The standard InChI is InChI=1S/C13H9Cl3N2/c14-9-3-8(4-10(15)5-9)7-18-11-1-2-13(17)12(16)6-11/h1-7H,17H2. The summed E-state index contributed by atoms with van der Waals surface area (Å²) in [7, 11) is 0. The Morgan fingerprint density at radius 2 is 1.61 bits per heavy atom. The van der Waals surface area contributed by atoms with Crippen LogP contribution in [0.15, 0.2) is 41.4 Å². The van der Waals surface area contributed by atoms with E-state index in [0.29, 0.717) is 26.4 Å². The maximum atomic E-state index is 5.90. The van der Waals surface area contributed by atoms with Gasteiger partial charge in [-0.2, -0.15) is 0 Å². The average Bonchev–Trinajstić information content (AvgIpc) is 2.29. The highest BCUT2D eigenvalue weighted by Gasteiger charge is 1.98. The van der Waals surface area contributed by atoms with Gasteiger partial charge in [0.25, 0.3) is 0 Å². The highest BCUT2D eigenvalue weighted by atomic mass is 35.5. The minimum absolute atomic E-state index is 0.480. The molecule has 92 valence electrons. The fourth-order valence-corrected chi connectivity index (χ4v) is 2.11. The monoisotopic (exact) mass is 298 g/mol. The zero-order valence-corrected chi connectivity index (χ0v) is 11.5. The molecule has 0 fully saturated rings. The lowest BCUT2D eigenvalue weighted by atomic mass is 10.2. The van der Waals surface area contributed by atoms with Gasteiger partial charge in [-0.25, -0.2) is 0 Å². The summed E-state index contributed by atoms with van der Waals surface area (Å²) in [6, 6.07) is 10.4. The van der Waals surface area contributed by atoms with Crippen LogP contribution < -0.4 is 5.73 Å². The van der Waals surface area contributed by atoms with E-state index in [0.717, 1.165) is 5.56 Å². The number of nitrogens with zero attached hydrogens (tertiary/aromatic N) is 1. The lowest BCUT2D eigenvalue weighted by molar-refractivity contribution is 1.52. The molecule has 18 heavy (non-hydrogen) atoms. The number of nitrogens with two attached hydrogens (primary N) is 1. The molecule has 0 saturated heterocycles.